The Morgan fingerprint density at radius 2 is 1.38 bits per heavy atom. The molecule has 0 spiro atoms. The highest BCUT2D eigenvalue weighted by molar-refractivity contribution is 5.43. The Morgan fingerprint density at radius 3 is 1.96 bits per heavy atom. The highest BCUT2D eigenvalue weighted by Gasteiger charge is 2.06. The Balaban J connectivity index is 1.89. The van der Waals surface area contributed by atoms with Crippen LogP contribution in [-0.2, 0) is 13.0 Å². The fourth-order valence-corrected chi connectivity index (χ4v) is 2.56. The first-order chi connectivity index (χ1) is 11.7. The monoisotopic (exact) mass is 332 g/mol. The van der Waals surface area contributed by atoms with E-state index in [1.807, 2.05) is 30.3 Å². The molecule has 0 saturated carbocycles. The minimum atomic E-state index is 0.758. The number of nitrogens with two attached hydrogens (primary N) is 1. The second-order valence-corrected chi connectivity index (χ2v) is 5.44. The molecule has 0 atom stereocenters. The van der Waals surface area contributed by atoms with E-state index >= 15 is 0 Å². The van der Waals surface area contributed by atoms with E-state index in [4.69, 9.17) is 18.9 Å². The van der Waals surface area contributed by atoms with Gasteiger partial charge in [-0.15, -0.1) is 0 Å². The first kappa shape index (κ1) is 17.9. The molecule has 0 aliphatic heterocycles. The molecule has 0 bridgehead atoms. The predicted octanol–water partition coefficient (Wildman–Crippen LogP) is 2.03. The fraction of sp³-hybridized carbons (Fsp3) is 0.368. The van der Waals surface area contributed by atoms with E-state index in [0.29, 0.717) is 0 Å². The number of quaternary nitrogens is 1. The van der Waals surface area contributed by atoms with Crippen molar-refractivity contribution in [1.29, 1.82) is 0 Å². The van der Waals surface area contributed by atoms with Crippen molar-refractivity contribution < 1.29 is 24.3 Å². The molecule has 0 radical (unpaired) electrons. The number of rotatable bonds is 9. The molecule has 5 heteroatoms. The SMILES string of the molecule is COc1cc(C[NH2+]CCc2ccc(OC)c(OC)c2)cc(OC)c1. The number of ether oxygens (including phenoxy) is 4. The van der Waals surface area contributed by atoms with Crippen LogP contribution in [0.15, 0.2) is 36.4 Å². The van der Waals surface area contributed by atoms with Crippen molar-refractivity contribution in [2.24, 2.45) is 0 Å². The Morgan fingerprint density at radius 1 is 0.708 bits per heavy atom. The number of hydrogen-bond donors (Lipinski definition) is 1. The number of methoxy groups -OCH3 is 4. The molecular weight excluding hydrogens is 306 g/mol. The van der Waals surface area contributed by atoms with Crippen LogP contribution in [0.25, 0.3) is 0 Å². The quantitative estimate of drug-likeness (QED) is 0.714. The lowest BCUT2D eigenvalue weighted by molar-refractivity contribution is -0.670. The summed E-state index contributed by atoms with van der Waals surface area (Å²) in [6, 6.07) is 12.0. The van der Waals surface area contributed by atoms with Crippen LogP contribution in [0.4, 0.5) is 0 Å². The zero-order valence-electron chi connectivity index (χ0n) is 14.8. The van der Waals surface area contributed by atoms with Crippen molar-refractivity contribution in [3.63, 3.8) is 0 Å². The van der Waals surface area contributed by atoms with Crippen LogP contribution in [0.1, 0.15) is 11.1 Å². The number of hydrogen-bond acceptors (Lipinski definition) is 4. The first-order valence-corrected chi connectivity index (χ1v) is 7.94. The van der Waals surface area contributed by atoms with Gasteiger partial charge >= 0.3 is 0 Å². The van der Waals surface area contributed by atoms with Gasteiger partial charge in [-0.2, -0.15) is 0 Å². The zero-order chi connectivity index (χ0) is 17.4. The summed E-state index contributed by atoms with van der Waals surface area (Å²) in [7, 11) is 6.64. The van der Waals surface area contributed by atoms with E-state index in [1.165, 1.54) is 11.1 Å². The molecule has 0 saturated heterocycles. The average molecular weight is 332 g/mol. The van der Waals surface area contributed by atoms with Crippen molar-refractivity contribution in [3.05, 3.63) is 47.5 Å². The zero-order valence-corrected chi connectivity index (χ0v) is 14.8. The molecule has 0 amide bonds. The summed E-state index contributed by atoms with van der Waals surface area (Å²) < 4.78 is 21.2. The summed E-state index contributed by atoms with van der Waals surface area (Å²) in [6.07, 6.45) is 0.960. The lowest BCUT2D eigenvalue weighted by Crippen LogP contribution is -2.83. The third-order valence-electron chi connectivity index (χ3n) is 3.88. The van der Waals surface area contributed by atoms with Gasteiger partial charge in [0.2, 0.25) is 0 Å². The van der Waals surface area contributed by atoms with Crippen LogP contribution < -0.4 is 24.3 Å². The van der Waals surface area contributed by atoms with Gasteiger partial charge in [-0.05, 0) is 29.8 Å². The van der Waals surface area contributed by atoms with E-state index in [2.05, 4.69) is 11.4 Å². The van der Waals surface area contributed by atoms with Gasteiger partial charge in [-0.3, -0.25) is 0 Å². The van der Waals surface area contributed by atoms with Crippen LogP contribution in [-0.4, -0.2) is 35.0 Å². The topological polar surface area (TPSA) is 53.5 Å². The minimum Gasteiger partial charge on any atom is -0.497 e. The minimum absolute atomic E-state index is 0.758. The van der Waals surface area contributed by atoms with Gasteiger partial charge in [0.15, 0.2) is 11.5 Å². The summed E-state index contributed by atoms with van der Waals surface area (Å²) in [5, 5.41) is 2.27. The van der Waals surface area contributed by atoms with Crippen molar-refractivity contribution in [3.8, 4) is 23.0 Å². The first-order valence-electron chi connectivity index (χ1n) is 7.94. The van der Waals surface area contributed by atoms with Crippen molar-refractivity contribution >= 4 is 0 Å². The smallest absolute Gasteiger partial charge is 0.160 e. The molecule has 0 heterocycles. The molecule has 0 aliphatic rings. The predicted molar refractivity (Wildman–Crippen MR) is 93.3 cm³/mol. The summed E-state index contributed by atoms with van der Waals surface area (Å²) >= 11 is 0. The molecule has 130 valence electrons. The van der Waals surface area contributed by atoms with Crippen molar-refractivity contribution in [2.75, 3.05) is 35.0 Å². The molecular formula is C19H26NO4+. The van der Waals surface area contributed by atoms with E-state index in [0.717, 1.165) is 42.5 Å². The lowest BCUT2D eigenvalue weighted by atomic mass is 10.1. The van der Waals surface area contributed by atoms with Crippen LogP contribution in [0.2, 0.25) is 0 Å². The average Bonchev–Trinajstić information content (AvgIpc) is 2.64. The maximum Gasteiger partial charge on any atom is 0.160 e. The molecule has 0 aromatic heterocycles. The second-order valence-electron chi connectivity index (χ2n) is 5.44. The summed E-state index contributed by atoms with van der Waals surface area (Å²) in [5.74, 6) is 3.16. The van der Waals surface area contributed by atoms with Gasteiger partial charge in [-0.25, -0.2) is 0 Å². The molecule has 2 N–H and O–H groups in total. The Bertz CT molecular complexity index is 636. The Labute approximate surface area is 143 Å². The second kappa shape index (κ2) is 9.03. The highest BCUT2D eigenvalue weighted by atomic mass is 16.5. The van der Waals surface area contributed by atoms with Gasteiger partial charge in [0.1, 0.15) is 18.0 Å². The lowest BCUT2D eigenvalue weighted by Gasteiger charge is -2.10. The van der Waals surface area contributed by atoms with Gasteiger partial charge in [-0.1, -0.05) is 6.07 Å². The van der Waals surface area contributed by atoms with Crippen LogP contribution in [0.5, 0.6) is 23.0 Å². The Hall–Kier alpha value is -2.40. The molecule has 2 rings (SSSR count). The maximum atomic E-state index is 5.34. The van der Waals surface area contributed by atoms with Gasteiger partial charge in [0, 0.05) is 18.1 Å². The molecule has 24 heavy (non-hydrogen) atoms. The van der Waals surface area contributed by atoms with Crippen LogP contribution >= 0.6 is 0 Å². The standard InChI is InChI=1S/C19H25NO4/c1-21-16-9-15(10-17(12-16)22-2)13-20-8-7-14-5-6-18(23-3)19(11-14)24-4/h5-6,9-12,20H,7-8,13H2,1-4H3/p+1. The molecule has 2 aromatic rings. The molecule has 0 fully saturated rings. The number of benzene rings is 2. The van der Waals surface area contributed by atoms with Crippen LogP contribution in [0.3, 0.4) is 0 Å². The summed E-state index contributed by atoms with van der Waals surface area (Å²) in [6.45, 7) is 1.86. The molecule has 5 nitrogen and oxygen atoms in total. The normalized spacial score (nSPS) is 10.3. The molecule has 0 aliphatic carbocycles. The fourth-order valence-electron chi connectivity index (χ4n) is 2.56. The van der Waals surface area contributed by atoms with Crippen molar-refractivity contribution in [2.45, 2.75) is 13.0 Å². The molecule has 0 unspecified atom stereocenters. The van der Waals surface area contributed by atoms with Crippen molar-refractivity contribution in [1.82, 2.24) is 0 Å². The summed E-state index contributed by atoms with van der Waals surface area (Å²) in [4.78, 5) is 0. The largest absolute Gasteiger partial charge is 0.497 e. The van der Waals surface area contributed by atoms with Gasteiger partial charge in [0.05, 0.1) is 35.0 Å². The Kier molecular flexibility index (Phi) is 6.75. The van der Waals surface area contributed by atoms with Crippen LogP contribution in [0, 0.1) is 0 Å². The third kappa shape index (κ3) is 4.80. The van der Waals surface area contributed by atoms with E-state index < -0.39 is 0 Å². The maximum absolute atomic E-state index is 5.34. The summed E-state index contributed by atoms with van der Waals surface area (Å²) in [5.41, 5.74) is 2.41. The molecule has 2 aromatic carbocycles. The highest BCUT2D eigenvalue weighted by Crippen LogP contribution is 2.27. The van der Waals surface area contributed by atoms with Gasteiger partial charge < -0.3 is 24.3 Å². The van der Waals surface area contributed by atoms with E-state index in [1.54, 1.807) is 28.4 Å². The van der Waals surface area contributed by atoms with Gasteiger partial charge in [0.25, 0.3) is 0 Å². The third-order valence-corrected chi connectivity index (χ3v) is 3.88. The van der Waals surface area contributed by atoms with E-state index in [-0.39, 0.29) is 0 Å². The van der Waals surface area contributed by atoms with E-state index in [9.17, 15) is 0 Å².